The number of hydrogen-bond acceptors (Lipinski definition) is 3. The number of benzene rings is 1. The monoisotopic (exact) mass is 357 g/mol. The Balaban J connectivity index is 2.00. The van der Waals surface area contributed by atoms with Crippen molar-refractivity contribution in [2.45, 2.75) is 33.2 Å². The Labute approximate surface area is 152 Å². The van der Waals surface area contributed by atoms with E-state index >= 15 is 0 Å². The Morgan fingerprint density at radius 1 is 1.35 bits per heavy atom. The van der Waals surface area contributed by atoms with Crippen molar-refractivity contribution >= 4 is 11.7 Å². The van der Waals surface area contributed by atoms with Crippen LogP contribution in [0.3, 0.4) is 0 Å². The number of nitrogens with one attached hydrogen (secondary N) is 2. The van der Waals surface area contributed by atoms with Crippen LogP contribution in [-0.2, 0) is 6.42 Å². The maximum Gasteiger partial charge on any atom is 0.271 e. The number of nitrogens with zero attached hydrogens (tertiary/aromatic N) is 1. The lowest BCUT2D eigenvalue weighted by Gasteiger charge is -2.36. The van der Waals surface area contributed by atoms with E-state index in [-0.39, 0.29) is 23.5 Å². The topological polar surface area (TPSA) is 65.2 Å². The molecule has 1 aliphatic heterocycles. The van der Waals surface area contributed by atoms with Crippen molar-refractivity contribution in [3.05, 3.63) is 58.2 Å². The van der Waals surface area contributed by atoms with E-state index in [0.29, 0.717) is 37.3 Å². The van der Waals surface area contributed by atoms with Gasteiger partial charge in [-0.25, -0.2) is 4.39 Å². The van der Waals surface area contributed by atoms with Gasteiger partial charge in [-0.15, -0.1) is 0 Å². The van der Waals surface area contributed by atoms with E-state index in [0.717, 1.165) is 16.8 Å². The van der Waals surface area contributed by atoms with Crippen LogP contribution < -0.4 is 5.32 Å². The van der Waals surface area contributed by atoms with Crippen LogP contribution in [0.4, 0.5) is 4.39 Å². The summed E-state index contributed by atoms with van der Waals surface area (Å²) in [5.41, 5.74) is 3.32. The Morgan fingerprint density at radius 2 is 2.12 bits per heavy atom. The fourth-order valence-electron chi connectivity index (χ4n) is 3.79. The molecule has 1 aliphatic rings. The minimum atomic E-state index is -0.315. The van der Waals surface area contributed by atoms with Crippen molar-refractivity contribution < 1.29 is 14.0 Å². The first-order chi connectivity index (χ1) is 12.4. The van der Waals surface area contributed by atoms with Gasteiger partial charge in [-0.2, -0.15) is 0 Å². The summed E-state index contributed by atoms with van der Waals surface area (Å²) in [5, 5.41) is 3.27. The number of piperazine rings is 1. The molecule has 2 heterocycles. The van der Waals surface area contributed by atoms with E-state index in [1.54, 1.807) is 11.0 Å². The highest BCUT2D eigenvalue weighted by Crippen LogP contribution is 2.28. The second-order valence-electron chi connectivity index (χ2n) is 6.66. The molecule has 2 aromatic rings. The van der Waals surface area contributed by atoms with E-state index in [4.69, 9.17) is 0 Å². The molecule has 2 N–H and O–H groups in total. The van der Waals surface area contributed by atoms with Crippen LogP contribution in [0, 0.1) is 12.7 Å². The number of hydrogen-bond donors (Lipinski definition) is 2. The largest absolute Gasteiger partial charge is 0.354 e. The van der Waals surface area contributed by atoms with Gasteiger partial charge in [-0.05, 0) is 43.5 Å². The van der Waals surface area contributed by atoms with Gasteiger partial charge in [-0.3, -0.25) is 9.59 Å². The Morgan fingerprint density at radius 3 is 2.77 bits per heavy atom. The van der Waals surface area contributed by atoms with Crippen molar-refractivity contribution in [2.24, 2.45) is 0 Å². The average molecular weight is 357 g/mol. The number of carbonyl (C=O) groups excluding carboxylic acids is 2. The molecule has 1 aromatic carbocycles. The molecule has 6 heteroatoms. The normalized spacial score (nSPS) is 17.4. The molecule has 138 valence electrons. The summed E-state index contributed by atoms with van der Waals surface area (Å²) in [7, 11) is 0. The first-order valence-electron chi connectivity index (χ1n) is 8.93. The van der Waals surface area contributed by atoms with Gasteiger partial charge in [0.2, 0.25) is 0 Å². The number of rotatable bonds is 4. The number of carbonyl (C=O) groups is 2. The standard InChI is InChI=1S/C20H24FN3O2/c1-4-16-18(13(3)25)12(2)23-19(16)20(26)24-9-8-22-11-17(24)14-6-5-7-15(21)10-14/h5-7,10,17,22-23H,4,8-9,11H2,1-3H3. The van der Waals surface area contributed by atoms with E-state index < -0.39 is 0 Å². The molecule has 1 atom stereocenters. The van der Waals surface area contributed by atoms with Gasteiger partial charge in [0, 0.05) is 30.9 Å². The zero-order valence-corrected chi connectivity index (χ0v) is 15.4. The average Bonchev–Trinajstić information content (AvgIpc) is 2.97. The predicted octanol–water partition coefficient (Wildman–Crippen LogP) is 3.01. The molecule has 1 amide bonds. The Kier molecular flexibility index (Phi) is 5.23. The van der Waals surface area contributed by atoms with Crippen molar-refractivity contribution in [3.8, 4) is 0 Å². The number of aromatic nitrogens is 1. The molecule has 0 radical (unpaired) electrons. The molecular formula is C20H24FN3O2. The van der Waals surface area contributed by atoms with Crippen LogP contribution in [0.1, 0.15) is 57.6 Å². The molecular weight excluding hydrogens is 333 g/mol. The Bertz CT molecular complexity index is 844. The van der Waals surface area contributed by atoms with Crippen LogP contribution in [0.25, 0.3) is 0 Å². The number of halogens is 1. The highest BCUT2D eigenvalue weighted by Gasteiger charge is 2.32. The molecule has 3 rings (SSSR count). The first kappa shape index (κ1) is 18.3. The van der Waals surface area contributed by atoms with Gasteiger partial charge in [0.15, 0.2) is 5.78 Å². The molecule has 1 saturated heterocycles. The van der Waals surface area contributed by atoms with Crippen molar-refractivity contribution in [1.29, 1.82) is 0 Å². The molecule has 0 aliphatic carbocycles. The van der Waals surface area contributed by atoms with Gasteiger partial charge in [0.1, 0.15) is 11.5 Å². The van der Waals surface area contributed by atoms with E-state index in [1.165, 1.54) is 19.1 Å². The van der Waals surface area contributed by atoms with Gasteiger partial charge in [0.25, 0.3) is 5.91 Å². The smallest absolute Gasteiger partial charge is 0.271 e. The van der Waals surface area contributed by atoms with Gasteiger partial charge in [0.05, 0.1) is 6.04 Å². The lowest BCUT2D eigenvalue weighted by molar-refractivity contribution is 0.0627. The molecule has 26 heavy (non-hydrogen) atoms. The fourth-order valence-corrected chi connectivity index (χ4v) is 3.79. The quantitative estimate of drug-likeness (QED) is 0.827. The number of amides is 1. The second kappa shape index (κ2) is 7.41. The van der Waals surface area contributed by atoms with Gasteiger partial charge in [-0.1, -0.05) is 19.1 Å². The lowest BCUT2D eigenvalue weighted by atomic mass is 10.00. The van der Waals surface area contributed by atoms with E-state index in [1.807, 2.05) is 19.9 Å². The third-order valence-electron chi connectivity index (χ3n) is 4.95. The SMILES string of the molecule is CCc1c(C(=O)N2CCNCC2c2cccc(F)c2)[nH]c(C)c1C(C)=O. The number of aryl methyl sites for hydroxylation is 1. The zero-order valence-electron chi connectivity index (χ0n) is 15.4. The van der Waals surface area contributed by atoms with E-state index in [2.05, 4.69) is 10.3 Å². The minimum absolute atomic E-state index is 0.0448. The highest BCUT2D eigenvalue weighted by atomic mass is 19.1. The number of Topliss-reactive ketones (excluding diaryl/α,β-unsaturated/α-hetero) is 1. The summed E-state index contributed by atoms with van der Waals surface area (Å²) in [4.78, 5) is 30.2. The number of H-pyrrole nitrogens is 1. The van der Waals surface area contributed by atoms with Crippen LogP contribution in [0.15, 0.2) is 24.3 Å². The summed E-state index contributed by atoms with van der Waals surface area (Å²) in [6, 6.07) is 6.12. The number of ketones is 1. The zero-order chi connectivity index (χ0) is 18.8. The summed E-state index contributed by atoms with van der Waals surface area (Å²) in [5.74, 6) is -0.505. The summed E-state index contributed by atoms with van der Waals surface area (Å²) < 4.78 is 13.7. The molecule has 5 nitrogen and oxygen atoms in total. The van der Waals surface area contributed by atoms with Crippen LogP contribution in [0.5, 0.6) is 0 Å². The molecule has 1 unspecified atom stereocenters. The highest BCUT2D eigenvalue weighted by molar-refractivity contribution is 6.02. The third kappa shape index (κ3) is 3.29. The Hall–Kier alpha value is -2.47. The molecule has 0 saturated carbocycles. The molecule has 0 spiro atoms. The van der Waals surface area contributed by atoms with Crippen LogP contribution in [-0.4, -0.2) is 41.2 Å². The fraction of sp³-hybridized carbons (Fsp3) is 0.400. The maximum atomic E-state index is 13.7. The lowest BCUT2D eigenvalue weighted by Crippen LogP contribution is -2.49. The summed E-state index contributed by atoms with van der Waals surface area (Å²) in [6.07, 6.45) is 0.594. The maximum absolute atomic E-state index is 13.7. The van der Waals surface area contributed by atoms with Crippen LogP contribution >= 0.6 is 0 Å². The molecule has 0 bridgehead atoms. The van der Waals surface area contributed by atoms with Crippen molar-refractivity contribution in [1.82, 2.24) is 15.2 Å². The van der Waals surface area contributed by atoms with E-state index in [9.17, 15) is 14.0 Å². The summed E-state index contributed by atoms with van der Waals surface area (Å²) >= 11 is 0. The first-order valence-corrected chi connectivity index (χ1v) is 8.93. The predicted molar refractivity (Wildman–Crippen MR) is 98.0 cm³/mol. The second-order valence-corrected chi connectivity index (χ2v) is 6.66. The van der Waals surface area contributed by atoms with Gasteiger partial charge < -0.3 is 15.2 Å². The molecule has 1 aromatic heterocycles. The minimum Gasteiger partial charge on any atom is -0.354 e. The number of aromatic amines is 1. The summed E-state index contributed by atoms with van der Waals surface area (Å²) in [6.45, 7) is 7.04. The molecule has 1 fully saturated rings. The van der Waals surface area contributed by atoms with Crippen molar-refractivity contribution in [3.63, 3.8) is 0 Å². The van der Waals surface area contributed by atoms with Crippen molar-refractivity contribution in [2.75, 3.05) is 19.6 Å². The van der Waals surface area contributed by atoms with Gasteiger partial charge >= 0.3 is 0 Å². The third-order valence-corrected chi connectivity index (χ3v) is 4.95. The van der Waals surface area contributed by atoms with Crippen LogP contribution in [0.2, 0.25) is 0 Å².